The molecule has 2 unspecified atom stereocenters. The van der Waals surface area contributed by atoms with Crippen LogP contribution in [0.3, 0.4) is 0 Å². The van der Waals surface area contributed by atoms with E-state index in [9.17, 15) is 9.18 Å². The fourth-order valence-electron chi connectivity index (χ4n) is 2.68. The van der Waals surface area contributed by atoms with Crippen molar-refractivity contribution in [2.24, 2.45) is 0 Å². The van der Waals surface area contributed by atoms with Crippen molar-refractivity contribution in [1.29, 1.82) is 0 Å². The molecule has 0 spiro atoms. The third-order valence-corrected chi connectivity index (χ3v) is 4.09. The zero-order valence-corrected chi connectivity index (χ0v) is 15.3. The van der Waals surface area contributed by atoms with Crippen molar-refractivity contribution in [3.05, 3.63) is 65.5 Å². The van der Waals surface area contributed by atoms with Crippen LogP contribution in [0.1, 0.15) is 44.2 Å². The van der Waals surface area contributed by atoms with E-state index in [1.165, 1.54) is 12.1 Å². The number of carbonyl (C=O) groups excluding carboxylic acids is 1. The quantitative estimate of drug-likeness (QED) is 0.837. The zero-order valence-electron chi connectivity index (χ0n) is 15.3. The van der Waals surface area contributed by atoms with Crippen LogP contribution in [0.15, 0.2) is 48.5 Å². The number of carbonyl (C=O) groups is 1. The van der Waals surface area contributed by atoms with Crippen LogP contribution >= 0.6 is 0 Å². The molecule has 1 amide bonds. The third kappa shape index (κ3) is 5.22. The molecule has 2 aromatic carbocycles. The number of rotatable bonds is 5. The number of hydrogen-bond donors (Lipinski definition) is 1. The predicted molar refractivity (Wildman–Crippen MR) is 97.7 cm³/mol. The lowest BCUT2D eigenvalue weighted by molar-refractivity contribution is 0.128. The normalized spacial score (nSPS) is 18.9. The summed E-state index contributed by atoms with van der Waals surface area (Å²) in [4.78, 5) is 11.8. The lowest BCUT2D eigenvalue weighted by atomic mass is 10.1. The van der Waals surface area contributed by atoms with Crippen LogP contribution in [0.2, 0.25) is 0 Å². The number of amides is 1. The van der Waals surface area contributed by atoms with Crippen LogP contribution in [-0.4, -0.2) is 17.7 Å². The fraction of sp³-hybridized carbons (Fsp3) is 0.381. The first-order valence-corrected chi connectivity index (χ1v) is 8.76. The molecular formula is C21H24FNO3. The molecule has 1 aliphatic rings. The van der Waals surface area contributed by atoms with E-state index in [1.54, 1.807) is 12.1 Å². The van der Waals surface area contributed by atoms with Gasteiger partial charge in [0.2, 0.25) is 0 Å². The highest BCUT2D eigenvalue weighted by atomic mass is 19.1. The summed E-state index contributed by atoms with van der Waals surface area (Å²) >= 11 is 0. The standard InChI is InChI=1S/C21H24FNO3/c1-21(2,3)23-20(24)26-19-12-18(19)15-6-10-17(11-7-15)25-13-14-4-8-16(22)9-5-14/h4-11,18-19H,12-13H2,1-3H3,(H,23,24). The minimum Gasteiger partial charge on any atom is -0.489 e. The van der Waals surface area contributed by atoms with E-state index in [4.69, 9.17) is 9.47 Å². The highest BCUT2D eigenvalue weighted by Gasteiger charge is 2.42. The molecule has 4 nitrogen and oxygen atoms in total. The molecule has 26 heavy (non-hydrogen) atoms. The molecule has 0 saturated heterocycles. The van der Waals surface area contributed by atoms with Crippen LogP contribution in [0, 0.1) is 5.82 Å². The van der Waals surface area contributed by atoms with Gasteiger partial charge in [-0.2, -0.15) is 0 Å². The van der Waals surface area contributed by atoms with Crippen LogP contribution in [0.25, 0.3) is 0 Å². The van der Waals surface area contributed by atoms with E-state index in [0.717, 1.165) is 23.3 Å². The minimum atomic E-state index is -0.371. The van der Waals surface area contributed by atoms with Crippen molar-refractivity contribution in [1.82, 2.24) is 5.32 Å². The van der Waals surface area contributed by atoms with E-state index < -0.39 is 0 Å². The summed E-state index contributed by atoms with van der Waals surface area (Å²) in [6.45, 7) is 6.15. The van der Waals surface area contributed by atoms with E-state index in [1.807, 2.05) is 45.0 Å². The molecule has 3 rings (SSSR count). The molecule has 2 aromatic rings. The van der Waals surface area contributed by atoms with Gasteiger partial charge in [-0.3, -0.25) is 0 Å². The van der Waals surface area contributed by atoms with Crippen LogP contribution in [0.4, 0.5) is 9.18 Å². The van der Waals surface area contributed by atoms with Gasteiger partial charge in [0.1, 0.15) is 24.3 Å². The second-order valence-electron chi connectivity index (χ2n) is 7.65. The molecule has 1 saturated carbocycles. The van der Waals surface area contributed by atoms with Gasteiger partial charge >= 0.3 is 6.09 Å². The van der Waals surface area contributed by atoms with Crippen molar-refractivity contribution in [2.45, 2.75) is 51.4 Å². The Balaban J connectivity index is 1.48. The maximum Gasteiger partial charge on any atom is 0.407 e. The molecule has 0 radical (unpaired) electrons. The summed E-state index contributed by atoms with van der Waals surface area (Å²) in [5.41, 5.74) is 1.74. The topological polar surface area (TPSA) is 47.6 Å². The van der Waals surface area contributed by atoms with Crippen molar-refractivity contribution in [2.75, 3.05) is 0 Å². The Morgan fingerprint density at radius 2 is 1.77 bits per heavy atom. The highest BCUT2D eigenvalue weighted by Crippen LogP contribution is 2.43. The molecule has 0 bridgehead atoms. The summed E-state index contributed by atoms with van der Waals surface area (Å²) in [7, 11) is 0. The first-order chi connectivity index (χ1) is 12.3. The molecule has 1 aliphatic carbocycles. The molecule has 138 valence electrons. The zero-order chi connectivity index (χ0) is 18.7. The Kier molecular flexibility index (Phi) is 5.16. The molecule has 0 aliphatic heterocycles. The van der Waals surface area contributed by atoms with Gasteiger partial charge in [0, 0.05) is 11.5 Å². The van der Waals surface area contributed by atoms with Gasteiger partial charge in [-0.1, -0.05) is 24.3 Å². The van der Waals surface area contributed by atoms with Gasteiger partial charge in [-0.05, 0) is 62.6 Å². The summed E-state index contributed by atoms with van der Waals surface area (Å²) in [5, 5.41) is 2.80. The van der Waals surface area contributed by atoms with Gasteiger partial charge in [0.15, 0.2) is 0 Å². The second-order valence-corrected chi connectivity index (χ2v) is 7.65. The number of alkyl carbamates (subject to hydrolysis) is 1. The fourth-order valence-corrected chi connectivity index (χ4v) is 2.68. The second kappa shape index (κ2) is 7.36. The van der Waals surface area contributed by atoms with Crippen LogP contribution in [-0.2, 0) is 11.3 Å². The number of nitrogens with one attached hydrogen (secondary N) is 1. The molecular weight excluding hydrogens is 333 g/mol. The molecule has 0 heterocycles. The summed E-state index contributed by atoms with van der Waals surface area (Å²) in [6.07, 6.45) is 0.403. The van der Waals surface area contributed by atoms with Gasteiger partial charge in [0.25, 0.3) is 0 Å². The lowest BCUT2D eigenvalue weighted by Gasteiger charge is -2.20. The number of halogens is 1. The minimum absolute atomic E-state index is 0.0664. The van der Waals surface area contributed by atoms with E-state index >= 15 is 0 Å². The van der Waals surface area contributed by atoms with Crippen LogP contribution < -0.4 is 10.1 Å². The maximum absolute atomic E-state index is 12.9. The largest absolute Gasteiger partial charge is 0.489 e. The maximum atomic E-state index is 12.9. The average Bonchev–Trinajstić information content (AvgIpc) is 3.32. The van der Waals surface area contributed by atoms with Crippen molar-refractivity contribution in [3.8, 4) is 5.75 Å². The molecule has 2 atom stereocenters. The Hall–Kier alpha value is -2.56. The number of ether oxygens (including phenoxy) is 2. The summed E-state index contributed by atoms with van der Waals surface area (Å²) in [5.74, 6) is 0.740. The summed E-state index contributed by atoms with van der Waals surface area (Å²) in [6, 6.07) is 14.1. The summed E-state index contributed by atoms with van der Waals surface area (Å²) < 4.78 is 24.0. The van der Waals surface area contributed by atoms with Gasteiger partial charge in [-0.25, -0.2) is 9.18 Å². The monoisotopic (exact) mass is 357 g/mol. The smallest absolute Gasteiger partial charge is 0.407 e. The molecule has 0 aromatic heterocycles. The first-order valence-electron chi connectivity index (χ1n) is 8.76. The van der Waals surface area contributed by atoms with Gasteiger partial charge < -0.3 is 14.8 Å². The van der Waals surface area contributed by atoms with Crippen molar-refractivity contribution < 1.29 is 18.7 Å². The SMILES string of the molecule is CC(C)(C)NC(=O)OC1CC1c1ccc(OCc2ccc(F)cc2)cc1. The average molecular weight is 357 g/mol. The Bertz CT molecular complexity index is 750. The van der Waals surface area contributed by atoms with Crippen LogP contribution in [0.5, 0.6) is 5.75 Å². The van der Waals surface area contributed by atoms with Crippen molar-refractivity contribution in [3.63, 3.8) is 0 Å². The number of benzene rings is 2. The Labute approximate surface area is 153 Å². The lowest BCUT2D eigenvalue weighted by Crippen LogP contribution is -2.41. The van der Waals surface area contributed by atoms with Gasteiger partial charge in [-0.15, -0.1) is 0 Å². The number of hydrogen-bond acceptors (Lipinski definition) is 3. The van der Waals surface area contributed by atoms with E-state index in [0.29, 0.717) is 6.61 Å². The predicted octanol–water partition coefficient (Wildman–Crippen LogP) is 4.79. The molecule has 1 fully saturated rings. The Morgan fingerprint density at radius 3 is 2.38 bits per heavy atom. The first kappa shape index (κ1) is 18.2. The van der Waals surface area contributed by atoms with E-state index in [-0.39, 0.29) is 29.5 Å². The molecule has 5 heteroatoms. The van der Waals surface area contributed by atoms with E-state index in [2.05, 4.69) is 5.32 Å². The third-order valence-electron chi connectivity index (χ3n) is 4.09. The molecule has 1 N–H and O–H groups in total. The van der Waals surface area contributed by atoms with Gasteiger partial charge in [0.05, 0.1) is 0 Å². The Morgan fingerprint density at radius 1 is 1.12 bits per heavy atom. The van der Waals surface area contributed by atoms with Crippen molar-refractivity contribution >= 4 is 6.09 Å². The highest BCUT2D eigenvalue weighted by molar-refractivity contribution is 5.68.